The van der Waals surface area contributed by atoms with E-state index >= 15 is 0 Å². The van der Waals surface area contributed by atoms with Crippen LogP contribution in [0.3, 0.4) is 0 Å². The van der Waals surface area contributed by atoms with E-state index in [0.29, 0.717) is 0 Å². The minimum atomic E-state index is 0.924. The van der Waals surface area contributed by atoms with Gasteiger partial charge in [-0.3, -0.25) is 0 Å². The number of rotatable bonds is 1. The molecular weight excluding hydrogens is 366 g/mol. The fraction of sp³-hybridized carbons (Fsp3) is 0. The van der Waals surface area contributed by atoms with Gasteiger partial charge in [-0.15, -0.1) is 0 Å². The molecule has 1 aliphatic heterocycles. The van der Waals surface area contributed by atoms with E-state index in [1.54, 1.807) is 0 Å². The Kier molecular flexibility index (Phi) is 3.03. The predicted octanol–water partition coefficient (Wildman–Crippen LogP) is 8.19. The van der Waals surface area contributed by atoms with Gasteiger partial charge in [0.1, 0.15) is 5.58 Å². The maximum Gasteiger partial charge on any atom is 0.160 e. The first-order valence-corrected chi connectivity index (χ1v) is 10.2. The van der Waals surface area contributed by atoms with Crippen molar-refractivity contribution in [3.05, 3.63) is 103 Å². The van der Waals surface area contributed by atoms with Gasteiger partial charge in [0.15, 0.2) is 5.58 Å². The number of furan rings is 1. The maximum atomic E-state index is 6.50. The second kappa shape index (κ2) is 5.74. The molecule has 0 amide bonds. The van der Waals surface area contributed by atoms with Crippen molar-refractivity contribution in [2.45, 2.75) is 0 Å². The third-order valence-electron chi connectivity index (χ3n) is 6.16. The summed E-state index contributed by atoms with van der Waals surface area (Å²) in [6.45, 7) is 0. The summed E-state index contributed by atoms with van der Waals surface area (Å²) in [6.07, 6.45) is 0. The van der Waals surface area contributed by atoms with Crippen LogP contribution in [0, 0.1) is 0 Å². The van der Waals surface area contributed by atoms with E-state index in [0.717, 1.165) is 33.3 Å². The summed E-state index contributed by atoms with van der Waals surface area (Å²) in [7, 11) is 0. The Morgan fingerprint density at radius 2 is 1.37 bits per heavy atom. The first-order chi connectivity index (χ1) is 14.9. The Morgan fingerprint density at radius 3 is 2.30 bits per heavy atom. The molecule has 140 valence electrons. The third kappa shape index (κ3) is 1.98. The molecule has 2 nitrogen and oxygen atoms in total. The highest BCUT2D eigenvalue weighted by Crippen LogP contribution is 2.54. The van der Waals surface area contributed by atoms with E-state index in [4.69, 9.17) is 4.42 Å². The van der Waals surface area contributed by atoms with E-state index in [9.17, 15) is 0 Å². The van der Waals surface area contributed by atoms with Gasteiger partial charge in [0.05, 0.1) is 11.4 Å². The highest BCUT2D eigenvalue weighted by molar-refractivity contribution is 6.24. The molecular formula is C28H17NO. The second-order valence-electron chi connectivity index (χ2n) is 7.79. The van der Waals surface area contributed by atoms with Crippen LogP contribution in [0.2, 0.25) is 0 Å². The molecule has 1 aromatic heterocycles. The highest BCUT2D eigenvalue weighted by atomic mass is 16.3. The summed E-state index contributed by atoms with van der Waals surface area (Å²) in [4.78, 5) is 2.36. The fourth-order valence-corrected chi connectivity index (χ4v) is 4.91. The van der Waals surface area contributed by atoms with Gasteiger partial charge in [0, 0.05) is 27.4 Å². The zero-order chi connectivity index (χ0) is 19.7. The molecule has 0 unspecified atom stereocenters. The summed E-state index contributed by atoms with van der Waals surface area (Å²) in [6, 6.07) is 36.4. The molecule has 30 heavy (non-hydrogen) atoms. The van der Waals surface area contributed by atoms with E-state index in [1.807, 2.05) is 6.07 Å². The van der Waals surface area contributed by atoms with Gasteiger partial charge in [-0.25, -0.2) is 0 Å². The summed E-state index contributed by atoms with van der Waals surface area (Å²) < 4.78 is 6.50. The fourth-order valence-electron chi connectivity index (χ4n) is 4.91. The molecule has 6 aromatic rings. The minimum Gasteiger partial charge on any atom is -0.454 e. The summed E-state index contributed by atoms with van der Waals surface area (Å²) in [5.74, 6) is 0. The number of benzene rings is 5. The zero-order valence-corrected chi connectivity index (χ0v) is 16.2. The smallest absolute Gasteiger partial charge is 0.160 e. The molecule has 0 bridgehead atoms. The van der Waals surface area contributed by atoms with Gasteiger partial charge < -0.3 is 9.32 Å². The summed E-state index contributed by atoms with van der Waals surface area (Å²) >= 11 is 0. The quantitative estimate of drug-likeness (QED) is 0.284. The lowest BCUT2D eigenvalue weighted by Crippen LogP contribution is -2.15. The van der Waals surface area contributed by atoms with Crippen LogP contribution in [0.5, 0.6) is 0 Å². The molecule has 2 heterocycles. The molecule has 0 atom stereocenters. The number of para-hydroxylation sites is 3. The number of nitrogens with zero attached hydrogens (tertiary/aromatic N) is 1. The lowest BCUT2D eigenvalue weighted by molar-refractivity contribution is 0.669. The Labute approximate surface area is 173 Å². The van der Waals surface area contributed by atoms with Crippen LogP contribution in [-0.2, 0) is 0 Å². The van der Waals surface area contributed by atoms with Crippen molar-refractivity contribution in [1.29, 1.82) is 0 Å². The SMILES string of the molecule is c1ccc(N2c3ccccc3-c3cccc4cc5c(oc6ccccc65)c2c34)cc1. The molecule has 5 aromatic carbocycles. The highest BCUT2D eigenvalue weighted by Gasteiger charge is 2.29. The number of fused-ring (bicyclic) bond motifs is 6. The molecule has 1 aliphatic rings. The number of anilines is 3. The van der Waals surface area contributed by atoms with Crippen LogP contribution in [0.15, 0.2) is 108 Å². The molecule has 7 rings (SSSR count). The monoisotopic (exact) mass is 383 g/mol. The number of hydrogen-bond acceptors (Lipinski definition) is 2. The van der Waals surface area contributed by atoms with Gasteiger partial charge in [0.2, 0.25) is 0 Å². The lowest BCUT2D eigenvalue weighted by atomic mass is 9.89. The molecule has 0 N–H and O–H groups in total. The average molecular weight is 383 g/mol. The molecule has 0 aliphatic carbocycles. The lowest BCUT2D eigenvalue weighted by Gasteiger charge is -2.33. The molecule has 2 heteroatoms. The maximum absolute atomic E-state index is 6.50. The summed E-state index contributed by atoms with van der Waals surface area (Å²) in [5, 5.41) is 4.79. The van der Waals surface area contributed by atoms with Crippen LogP contribution in [0.25, 0.3) is 43.8 Å². The van der Waals surface area contributed by atoms with Crippen LogP contribution < -0.4 is 4.90 Å². The van der Waals surface area contributed by atoms with Crippen molar-refractivity contribution in [3.63, 3.8) is 0 Å². The minimum absolute atomic E-state index is 0.924. The van der Waals surface area contributed by atoms with Crippen LogP contribution in [0.4, 0.5) is 17.1 Å². The van der Waals surface area contributed by atoms with Crippen molar-refractivity contribution in [2.24, 2.45) is 0 Å². The molecule has 0 saturated heterocycles. The van der Waals surface area contributed by atoms with Crippen molar-refractivity contribution in [3.8, 4) is 11.1 Å². The molecule has 0 fully saturated rings. The van der Waals surface area contributed by atoms with Crippen molar-refractivity contribution < 1.29 is 4.42 Å². The third-order valence-corrected chi connectivity index (χ3v) is 6.16. The average Bonchev–Trinajstić information content (AvgIpc) is 3.18. The van der Waals surface area contributed by atoms with Crippen molar-refractivity contribution >= 4 is 49.8 Å². The topological polar surface area (TPSA) is 16.4 Å². The number of hydrogen-bond donors (Lipinski definition) is 0. The van der Waals surface area contributed by atoms with Gasteiger partial charge >= 0.3 is 0 Å². The normalized spacial score (nSPS) is 12.6. The Hall–Kier alpha value is -4.04. The Bertz CT molecular complexity index is 1590. The first kappa shape index (κ1) is 15.8. The van der Waals surface area contributed by atoms with Gasteiger partial charge in [-0.05, 0) is 41.3 Å². The largest absolute Gasteiger partial charge is 0.454 e. The van der Waals surface area contributed by atoms with E-state index in [2.05, 4.69) is 102 Å². The second-order valence-corrected chi connectivity index (χ2v) is 7.79. The first-order valence-electron chi connectivity index (χ1n) is 10.2. The van der Waals surface area contributed by atoms with E-state index in [-0.39, 0.29) is 0 Å². The predicted molar refractivity (Wildman–Crippen MR) is 125 cm³/mol. The van der Waals surface area contributed by atoms with Crippen molar-refractivity contribution in [1.82, 2.24) is 0 Å². The van der Waals surface area contributed by atoms with Gasteiger partial charge in [-0.2, -0.15) is 0 Å². The Morgan fingerprint density at radius 1 is 0.600 bits per heavy atom. The zero-order valence-electron chi connectivity index (χ0n) is 16.2. The van der Waals surface area contributed by atoms with Crippen molar-refractivity contribution in [2.75, 3.05) is 4.90 Å². The molecule has 0 radical (unpaired) electrons. The molecule has 0 saturated carbocycles. The van der Waals surface area contributed by atoms with Gasteiger partial charge in [-0.1, -0.05) is 72.8 Å². The Balaban J connectivity index is 1.75. The molecule has 0 spiro atoms. The van der Waals surface area contributed by atoms with Crippen LogP contribution >= 0.6 is 0 Å². The van der Waals surface area contributed by atoms with Gasteiger partial charge in [0.25, 0.3) is 0 Å². The summed E-state index contributed by atoms with van der Waals surface area (Å²) in [5.41, 5.74) is 7.80. The van der Waals surface area contributed by atoms with E-state index < -0.39 is 0 Å². The van der Waals surface area contributed by atoms with Crippen LogP contribution in [0.1, 0.15) is 0 Å². The van der Waals surface area contributed by atoms with Crippen LogP contribution in [-0.4, -0.2) is 0 Å². The van der Waals surface area contributed by atoms with E-state index in [1.165, 1.54) is 27.6 Å². The standard InChI is InChI=1S/C28H17NO/c1-2-10-19(11-3-1)29-24-15-6-4-12-20(24)22-14-8-9-18-17-23-21-13-5-7-16-25(21)30-28(23)27(29)26(18)22/h1-17H.